The molecule has 3 N–H and O–H groups in total. The van der Waals surface area contributed by atoms with Gasteiger partial charge in [-0.2, -0.15) is 0 Å². The zero-order valence-corrected chi connectivity index (χ0v) is 14.4. The van der Waals surface area contributed by atoms with E-state index < -0.39 is 27.3 Å². The van der Waals surface area contributed by atoms with Crippen molar-refractivity contribution in [3.05, 3.63) is 0 Å². The van der Waals surface area contributed by atoms with E-state index in [0.29, 0.717) is 5.75 Å². The minimum Gasteiger partial charge on any atom is -0.459 e. The number of ether oxygens (including phenoxy) is 1. The zero-order chi connectivity index (χ0) is 16.2. The fourth-order valence-electron chi connectivity index (χ4n) is 1.39. The lowest BCUT2D eigenvalue weighted by Gasteiger charge is -2.22. The first-order valence-corrected chi connectivity index (χ1v) is 8.84. The van der Waals surface area contributed by atoms with Crippen molar-refractivity contribution in [3.63, 3.8) is 0 Å². The second-order valence-electron chi connectivity index (χ2n) is 7.46. The van der Waals surface area contributed by atoms with Crippen LogP contribution in [0.1, 0.15) is 54.4 Å². The molecule has 0 saturated carbocycles. The van der Waals surface area contributed by atoms with Gasteiger partial charge in [-0.1, -0.05) is 20.8 Å². The molecule has 0 radical (unpaired) electrons. The predicted molar refractivity (Wildman–Crippen MR) is 83.1 cm³/mol. The Morgan fingerprint density at radius 1 is 1.20 bits per heavy atom. The van der Waals surface area contributed by atoms with Crippen LogP contribution in [0.5, 0.6) is 0 Å². The summed E-state index contributed by atoms with van der Waals surface area (Å²) < 4.78 is 25.1. The minimum absolute atomic E-state index is 0.0526. The van der Waals surface area contributed by atoms with Crippen molar-refractivity contribution in [3.8, 4) is 0 Å². The third kappa shape index (κ3) is 10.2. The second kappa shape index (κ2) is 6.89. The Balaban J connectivity index is 4.30. The first-order valence-electron chi connectivity index (χ1n) is 6.94. The van der Waals surface area contributed by atoms with Gasteiger partial charge < -0.3 is 10.5 Å². The quantitative estimate of drug-likeness (QED) is 0.737. The van der Waals surface area contributed by atoms with E-state index in [0.717, 1.165) is 6.42 Å². The number of esters is 1. The van der Waals surface area contributed by atoms with Crippen LogP contribution in [0.3, 0.4) is 0 Å². The van der Waals surface area contributed by atoms with Crippen molar-refractivity contribution in [1.29, 1.82) is 4.78 Å². The van der Waals surface area contributed by atoms with E-state index in [1.807, 2.05) is 0 Å². The monoisotopic (exact) mass is 306 g/mol. The van der Waals surface area contributed by atoms with E-state index >= 15 is 0 Å². The number of hydrogen-bond donors (Lipinski definition) is 2. The first kappa shape index (κ1) is 19.4. The highest BCUT2D eigenvalue weighted by Crippen LogP contribution is 2.20. The molecular weight excluding hydrogens is 276 g/mol. The molecule has 0 bridgehead atoms. The SMILES string of the molecule is CC(C)(C)CCS(=N)(=O)CC[C@H](N)C(=O)OC(C)(C)C. The Kier molecular flexibility index (Phi) is 6.68. The van der Waals surface area contributed by atoms with Crippen LogP contribution in [0.25, 0.3) is 0 Å². The molecule has 0 aliphatic rings. The topological polar surface area (TPSA) is 93.2 Å². The van der Waals surface area contributed by atoms with E-state index in [1.165, 1.54) is 0 Å². The van der Waals surface area contributed by atoms with Gasteiger partial charge in [0, 0.05) is 21.2 Å². The molecule has 1 unspecified atom stereocenters. The van der Waals surface area contributed by atoms with Gasteiger partial charge in [0.25, 0.3) is 0 Å². The van der Waals surface area contributed by atoms with Crippen molar-refractivity contribution >= 4 is 15.7 Å². The number of hydrogen-bond acceptors (Lipinski definition) is 5. The van der Waals surface area contributed by atoms with Crippen LogP contribution in [-0.4, -0.2) is 33.3 Å². The summed E-state index contributed by atoms with van der Waals surface area (Å²) in [5, 5.41) is 0. The number of nitrogens with one attached hydrogen (secondary N) is 1. The lowest BCUT2D eigenvalue weighted by atomic mass is 9.94. The van der Waals surface area contributed by atoms with Crippen molar-refractivity contribution in [2.45, 2.75) is 66.0 Å². The van der Waals surface area contributed by atoms with Crippen molar-refractivity contribution in [2.24, 2.45) is 11.1 Å². The van der Waals surface area contributed by atoms with Gasteiger partial charge in [-0.15, -0.1) is 0 Å². The fraction of sp³-hybridized carbons (Fsp3) is 0.929. The van der Waals surface area contributed by atoms with Gasteiger partial charge in [0.05, 0.1) is 0 Å². The molecule has 5 nitrogen and oxygen atoms in total. The van der Waals surface area contributed by atoms with Crippen molar-refractivity contribution in [2.75, 3.05) is 11.5 Å². The summed E-state index contributed by atoms with van der Waals surface area (Å²) in [5.74, 6) is -0.00961. The van der Waals surface area contributed by atoms with Crippen molar-refractivity contribution < 1.29 is 13.7 Å². The summed E-state index contributed by atoms with van der Waals surface area (Å²) in [6.07, 6.45) is 0.943. The van der Waals surface area contributed by atoms with Crippen LogP contribution in [0.15, 0.2) is 0 Å². The molecule has 0 fully saturated rings. The Hall–Kier alpha value is -0.620. The average Bonchev–Trinajstić information content (AvgIpc) is 2.20. The molecule has 0 aromatic carbocycles. The standard InChI is InChI=1S/C14H30N2O3S/c1-13(2,3)8-10-20(16,18)9-7-11(15)12(17)19-14(4,5)6/h11,16H,7-10,15H2,1-6H3/t11-,20?/m0/s1. The average molecular weight is 306 g/mol. The van der Waals surface area contributed by atoms with Gasteiger partial charge in [-0.05, 0) is 39.0 Å². The Bertz CT molecular complexity index is 417. The van der Waals surface area contributed by atoms with Gasteiger partial charge in [0.2, 0.25) is 0 Å². The lowest BCUT2D eigenvalue weighted by molar-refractivity contribution is -0.156. The summed E-state index contributed by atoms with van der Waals surface area (Å²) in [7, 11) is -2.67. The minimum atomic E-state index is -2.67. The molecule has 2 atom stereocenters. The summed E-state index contributed by atoms with van der Waals surface area (Å²) in [5.41, 5.74) is 5.20. The van der Waals surface area contributed by atoms with Gasteiger partial charge in [0.15, 0.2) is 0 Å². The fourth-order valence-corrected chi connectivity index (χ4v) is 3.17. The highest BCUT2D eigenvalue weighted by molar-refractivity contribution is 7.92. The third-order valence-corrected chi connectivity index (χ3v) is 4.41. The van der Waals surface area contributed by atoms with E-state index in [1.54, 1.807) is 20.8 Å². The van der Waals surface area contributed by atoms with Gasteiger partial charge in [0.1, 0.15) is 11.6 Å². The predicted octanol–water partition coefficient (Wildman–Crippen LogP) is 2.53. The Morgan fingerprint density at radius 2 is 1.70 bits per heavy atom. The van der Waals surface area contributed by atoms with E-state index in [4.69, 9.17) is 15.3 Å². The van der Waals surface area contributed by atoms with E-state index in [9.17, 15) is 9.00 Å². The van der Waals surface area contributed by atoms with Crippen LogP contribution in [0.4, 0.5) is 0 Å². The summed E-state index contributed by atoms with van der Waals surface area (Å²) >= 11 is 0. The largest absolute Gasteiger partial charge is 0.459 e. The molecule has 20 heavy (non-hydrogen) atoms. The van der Waals surface area contributed by atoms with Crippen LogP contribution in [-0.2, 0) is 19.3 Å². The highest BCUT2D eigenvalue weighted by Gasteiger charge is 2.23. The van der Waals surface area contributed by atoms with Gasteiger partial charge in [-0.25, -0.2) is 4.21 Å². The van der Waals surface area contributed by atoms with Crippen LogP contribution >= 0.6 is 0 Å². The summed E-state index contributed by atoms with van der Waals surface area (Å²) in [6.45, 7) is 11.5. The molecule has 0 spiro atoms. The maximum Gasteiger partial charge on any atom is 0.323 e. The molecule has 0 aromatic rings. The van der Waals surface area contributed by atoms with Crippen LogP contribution < -0.4 is 5.73 Å². The molecule has 6 heteroatoms. The third-order valence-electron chi connectivity index (χ3n) is 2.65. The maximum absolute atomic E-state index is 12.1. The summed E-state index contributed by atoms with van der Waals surface area (Å²) in [6, 6.07) is -0.810. The van der Waals surface area contributed by atoms with Crippen LogP contribution in [0, 0.1) is 10.2 Å². The molecule has 0 aromatic heterocycles. The first-order chi connectivity index (χ1) is 8.72. The number of carbonyl (C=O) groups excluding carboxylic acids is 1. The molecule has 0 heterocycles. The Morgan fingerprint density at radius 3 is 2.10 bits per heavy atom. The zero-order valence-electron chi connectivity index (χ0n) is 13.6. The number of rotatable bonds is 6. The smallest absolute Gasteiger partial charge is 0.323 e. The molecule has 0 saturated heterocycles. The number of carbonyl (C=O) groups is 1. The van der Waals surface area contributed by atoms with Crippen molar-refractivity contribution in [1.82, 2.24) is 0 Å². The molecule has 0 aliphatic carbocycles. The van der Waals surface area contributed by atoms with Gasteiger partial charge >= 0.3 is 5.97 Å². The highest BCUT2D eigenvalue weighted by atomic mass is 32.2. The molecule has 0 rings (SSSR count). The van der Waals surface area contributed by atoms with E-state index in [-0.39, 0.29) is 17.6 Å². The Labute approximate surface area is 123 Å². The lowest BCUT2D eigenvalue weighted by Crippen LogP contribution is -2.38. The maximum atomic E-state index is 12.1. The molecular formula is C14H30N2O3S. The van der Waals surface area contributed by atoms with E-state index in [2.05, 4.69) is 20.8 Å². The molecule has 120 valence electrons. The van der Waals surface area contributed by atoms with Gasteiger partial charge in [-0.3, -0.25) is 9.57 Å². The van der Waals surface area contributed by atoms with Crippen LogP contribution in [0.2, 0.25) is 0 Å². The molecule has 0 amide bonds. The number of nitrogens with two attached hydrogens (primary N) is 1. The summed E-state index contributed by atoms with van der Waals surface area (Å²) in [4.78, 5) is 11.7. The second-order valence-corrected chi connectivity index (χ2v) is 9.90. The normalized spacial score (nSPS) is 17.4. The molecule has 0 aliphatic heterocycles.